The molecule has 2 bridgehead atoms. The highest BCUT2D eigenvalue weighted by atomic mass is 16.5. The number of hydrogen-bond donors (Lipinski definition) is 0. The second-order valence-electron chi connectivity index (χ2n) is 6.58. The van der Waals surface area contributed by atoms with Crippen LogP contribution in [0.4, 0.5) is 0 Å². The molecule has 2 aliphatic carbocycles. The van der Waals surface area contributed by atoms with Gasteiger partial charge >= 0.3 is 0 Å². The lowest BCUT2D eigenvalue weighted by atomic mass is 9.85. The van der Waals surface area contributed by atoms with E-state index in [0.717, 1.165) is 17.0 Å². The SMILES string of the molecule is CCOc1ccc(C=NN2C(=O)[C@@H]3[C@H](C2=O)[C@H]2C=C[C@H]3C2)cc1OC. The van der Waals surface area contributed by atoms with Crippen LogP contribution in [0.1, 0.15) is 18.9 Å². The van der Waals surface area contributed by atoms with Crippen LogP contribution in [-0.4, -0.2) is 36.8 Å². The van der Waals surface area contributed by atoms with Crippen LogP contribution in [0.25, 0.3) is 0 Å². The first kappa shape index (κ1) is 15.9. The molecule has 1 saturated heterocycles. The summed E-state index contributed by atoms with van der Waals surface area (Å²) in [6.07, 6.45) is 6.58. The Morgan fingerprint density at radius 3 is 2.44 bits per heavy atom. The summed E-state index contributed by atoms with van der Waals surface area (Å²) in [6, 6.07) is 5.37. The molecule has 1 aliphatic heterocycles. The van der Waals surface area contributed by atoms with Crippen LogP contribution in [0.5, 0.6) is 11.5 Å². The smallest absolute Gasteiger partial charge is 0.254 e. The van der Waals surface area contributed by atoms with Crippen LogP contribution in [0.15, 0.2) is 35.5 Å². The summed E-state index contributed by atoms with van der Waals surface area (Å²) >= 11 is 0. The van der Waals surface area contributed by atoms with Crippen molar-refractivity contribution >= 4 is 18.0 Å². The van der Waals surface area contributed by atoms with Crippen LogP contribution in [0.2, 0.25) is 0 Å². The number of imide groups is 1. The van der Waals surface area contributed by atoms with E-state index in [9.17, 15) is 9.59 Å². The van der Waals surface area contributed by atoms with Gasteiger partial charge in [0.1, 0.15) is 0 Å². The molecule has 6 heteroatoms. The highest BCUT2D eigenvalue weighted by Gasteiger charge is 2.59. The number of carbonyl (C=O) groups excluding carboxylic acids is 2. The number of hydrazone groups is 1. The van der Waals surface area contributed by atoms with E-state index in [1.807, 2.05) is 13.0 Å². The lowest BCUT2D eigenvalue weighted by Crippen LogP contribution is -2.28. The number of nitrogens with zero attached hydrogens (tertiary/aromatic N) is 2. The van der Waals surface area contributed by atoms with Crippen molar-refractivity contribution in [1.82, 2.24) is 5.01 Å². The molecular formula is C19H20N2O4. The Hall–Kier alpha value is -2.63. The Labute approximate surface area is 146 Å². The van der Waals surface area contributed by atoms with Crippen molar-refractivity contribution in [3.8, 4) is 11.5 Å². The number of fused-ring (bicyclic) bond motifs is 5. The summed E-state index contributed by atoms with van der Waals surface area (Å²) in [6.45, 7) is 2.44. The highest BCUT2D eigenvalue weighted by Crippen LogP contribution is 2.52. The number of amides is 2. The minimum Gasteiger partial charge on any atom is -0.493 e. The van der Waals surface area contributed by atoms with Crippen LogP contribution < -0.4 is 9.47 Å². The minimum absolute atomic E-state index is 0.180. The van der Waals surface area contributed by atoms with Gasteiger partial charge in [-0.05, 0) is 48.9 Å². The minimum atomic E-state index is -0.227. The molecule has 6 nitrogen and oxygen atoms in total. The van der Waals surface area contributed by atoms with Gasteiger partial charge in [0.15, 0.2) is 11.5 Å². The van der Waals surface area contributed by atoms with Crippen LogP contribution >= 0.6 is 0 Å². The van der Waals surface area contributed by atoms with Gasteiger partial charge in [-0.2, -0.15) is 10.1 Å². The number of benzene rings is 1. The molecule has 1 saturated carbocycles. The fourth-order valence-electron chi connectivity index (χ4n) is 4.16. The van der Waals surface area contributed by atoms with Gasteiger partial charge in [-0.1, -0.05) is 12.2 Å². The van der Waals surface area contributed by atoms with Crippen molar-refractivity contribution in [2.24, 2.45) is 28.8 Å². The van der Waals surface area contributed by atoms with Crippen molar-refractivity contribution < 1.29 is 19.1 Å². The van der Waals surface area contributed by atoms with Crippen LogP contribution in [-0.2, 0) is 9.59 Å². The standard InChI is InChI=1S/C19H20N2O4/c1-3-25-14-7-4-11(8-15(14)24-2)10-20-21-18(22)16-12-5-6-13(9-12)17(16)19(21)23/h4-8,10,12-13,16-17H,3,9H2,1-2H3/t12-,13-,16-,17+/m0/s1. The van der Waals surface area contributed by atoms with Crippen molar-refractivity contribution in [3.05, 3.63) is 35.9 Å². The Balaban J connectivity index is 1.55. The molecular weight excluding hydrogens is 320 g/mol. The van der Waals surface area contributed by atoms with Gasteiger partial charge < -0.3 is 9.47 Å². The van der Waals surface area contributed by atoms with E-state index in [0.29, 0.717) is 18.1 Å². The first-order chi connectivity index (χ1) is 12.1. The largest absolute Gasteiger partial charge is 0.493 e. The predicted octanol–water partition coefficient (Wildman–Crippen LogP) is 2.23. The van der Waals surface area contributed by atoms with Crippen LogP contribution in [0.3, 0.4) is 0 Å². The van der Waals surface area contributed by atoms with Gasteiger partial charge in [0.2, 0.25) is 0 Å². The molecule has 2 amide bonds. The van der Waals surface area contributed by atoms with E-state index in [-0.39, 0.29) is 35.5 Å². The molecule has 0 aromatic heterocycles. The summed E-state index contributed by atoms with van der Waals surface area (Å²) < 4.78 is 10.8. The second-order valence-corrected chi connectivity index (χ2v) is 6.58. The maximum atomic E-state index is 12.6. The topological polar surface area (TPSA) is 68.2 Å². The zero-order valence-electron chi connectivity index (χ0n) is 14.2. The second kappa shape index (κ2) is 6.02. The van der Waals surface area contributed by atoms with E-state index >= 15 is 0 Å². The Morgan fingerprint density at radius 2 is 1.84 bits per heavy atom. The molecule has 130 valence electrons. The number of hydrogen-bond acceptors (Lipinski definition) is 5. The highest BCUT2D eigenvalue weighted by molar-refractivity contribution is 6.06. The molecule has 1 aromatic rings. The van der Waals surface area contributed by atoms with E-state index in [4.69, 9.17) is 9.47 Å². The quantitative estimate of drug-likeness (QED) is 0.468. The molecule has 1 heterocycles. The first-order valence-corrected chi connectivity index (χ1v) is 8.55. The van der Waals surface area contributed by atoms with E-state index < -0.39 is 0 Å². The molecule has 3 aliphatic rings. The molecule has 0 spiro atoms. The van der Waals surface area contributed by atoms with Gasteiger partial charge in [-0.15, -0.1) is 0 Å². The lowest BCUT2D eigenvalue weighted by Gasteiger charge is -2.13. The van der Waals surface area contributed by atoms with Crippen molar-refractivity contribution in [1.29, 1.82) is 0 Å². The van der Waals surface area contributed by atoms with Crippen LogP contribution in [0, 0.1) is 23.7 Å². The van der Waals surface area contributed by atoms with E-state index in [2.05, 4.69) is 17.3 Å². The average Bonchev–Trinajstić information content (AvgIpc) is 3.29. The van der Waals surface area contributed by atoms with Crippen molar-refractivity contribution in [2.45, 2.75) is 13.3 Å². The zero-order valence-corrected chi connectivity index (χ0v) is 14.2. The summed E-state index contributed by atoms with van der Waals surface area (Å²) in [4.78, 5) is 25.2. The fourth-order valence-corrected chi connectivity index (χ4v) is 4.16. The maximum absolute atomic E-state index is 12.6. The van der Waals surface area contributed by atoms with Crippen molar-refractivity contribution in [3.63, 3.8) is 0 Å². The van der Waals surface area contributed by atoms with Gasteiger partial charge in [0.25, 0.3) is 11.8 Å². The van der Waals surface area contributed by atoms with Gasteiger partial charge in [-0.25, -0.2) is 0 Å². The molecule has 25 heavy (non-hydrogen) atoms. The third-order valence-electron chi connectivity index (χ3n) is 5.26. The first-order valence-electron chi connectivity index (χ1n) is 8.55. The molecule has 1 aromatic carbocycles. The third-order valence-corrected chi connectivity index (χ3v) is 5.26. The third kappa shape index (κ3) is 2.44. The molecule has 2 fully saturated rings. The summed E-state index contributed by atoms with van der Waals surface area (Å²) in [5.74, 6) is 0.803. The van der Waals surface area contributed by atoms with Gasteiger partial charge in [0.05, 0.1) is 31.8 Å². The lowest BCUT2D eigenvalue weighted by molar-refractivity contribution is -0.140. The molecule has 0 radical (unpaired) electrons. The Kier molecular flexibility index (Phi) is 3.82. The summed E-state index contributed by atoms with van der Waals surface area (Å²) in [5, 5.41) is 5.22. The summed E-state index contributed by atoms with van der Waals surface area (Å²) in [7, 11) is 1.57. The average molecular weight is 340 g/mol. The zero-order chi connectivity index (χ0) is 17.6. The monoisotopic (exact) mass is 340 g/mol. The molecule has 4 atom stereocenters. The normalized spacial score (nSPS) is 29.8. The van der Waals surface area contributed by atoms with Crippen molar-refractivity contribution in [2.75, 3.05) is 13.7 Å². The Morgan fingerprint density at radius 1 is 1.16 bits per heavy atom. The molecule has 0 N–H and O–H groups in total. The van der Waals surface area contributed by atoms with Gasteiger partial charge in [-0.3, -0.25) is 9.59 Å². The van der Waals surface area contributed by atoms with Gasteiger partial charge in [0, 0.05) is 0 Å². The summed E-state index contributed by atoms with van der Waals surface area (Å²) in [5.41, 5.74) is 0.735. The molecule has 4 rings (SSSR count). The predicted molar refractivity (Wildman–Crippen MR) is 91.3 cm³/mol. The number of rotatable bonds is 5. The Bertz CT molecular complexity index is 756. The number of ether oxygens (including phenoxy) is 2. The number of methoxy groups -OCH3 is 1. The maximum Gasteiger partial charge on any atom is 0.254 e. The number of carbonyl (C=O) groups is 2. The fraction of sp³-hybridized carbons (Fsp3) is 0.421. The molecule has 0 unspecified atom stereocenters. The number of allylic oxidation sites excluding steroid dienone is 2. The van der Waals surface area contributed by atoms with E-state index in [1.54, 1.807) is 19.2 Å². The van der Waals surface area contributed by atoms with E-state index in [1.165, 1.54) is 6.21 Å².